The molecule has 0 spiro atoms. The van der Waals surface area contributed by atoms with Gasteiger partial charge in [0.05, 0.1) is 0 Å². The van der Waals surface area contributed by atoms with Crippen LogP contribution in [0.1, 0.15) is 0 Å². The molecule has 6 heteroatoms. The number of hydrogen-bond acceptors (Lipinski definition) is 3. The minimum Gasteiger partial charge on any atom is -0.423 e. The summed E-state index contributed by atoms with van der Waals surface area (Å²) in [5.74, 6) is -0.338. The Morgan fingerprint density at radius 1 is 1.47 bits per heavy atom. The number of amides is 1. The van der Waals surface area contributed by atoms with Crippen molar-refractivity contribution in [1.82, 2.24) is 0 Å². The fourth-order valence-electron chi connectivity index (χ4n) is 1.03. The van der Waals surface area contributed by atoms with E-state index in [1.165, 1.54) is 6.07 Å². The molecule has 0 unspecified atom stereocenters. The van der Waals surface area contributed by atoms with Gasteiger partial charge in [0.25, 0.3) is 0 Å². The number of nitrogens with one attached hydrogen (secondary N) is 1. The summed E-state index contributed by atoms with van der Waals surface area (Å²) in [7, 11) is -1.54. The van der Waals surface area contributed by atoms with Crippen LogP contribution in [0.15, 0.2) is 30.9 Å². The highest BCUT2D eigenvalue weighted by molar-refractivity contribution is 14.1. The lowest BCUT2D eigenvalue weighted by molar-refractivity contribution is -0.111. The van der Waals surface area contributed by atoms with Crippen LogP contribution in [-0.2, 0) is 4.79 Å². The molecule has 0 atom stereocenters. The van der Waals surface area contributed by atoms with Gasteiger partial charge in [-0.1, -0.05) is 6.58 Å². The van der Waals surface area contributed by atoms with E-state index >= 15 is 0 Å². The molecule has 0 radical (unpaired) electrons. The third kappa shape index (κ3) is 3.65. The minimum absolute atomic E-state index is 0.335. The highest BCUT2D eigenvalue weighted by Gasteiger charge is 2.12. The van der Waals surface area contributed by atoms with Gasteiger partial charge < -0.3 is 15.4 Å². The zero-order valence-corrected chi connectivity index (χ0v) is 9.93. The second-order valence-electron chi connectivity index (χ2n) is 2.84. The third-order valence-corrected chi connectivity index (χ3v) is 2.29. The highest BCUT2D eigenvalue weighted by Crippen LogP contribution is 2.11. The molecule has 1 aromatic rings. The zero-order valence-electron chi connectivity index (χ0n) is 7.77. The topological polar surface area (TPSA) is 69.6 Å². The van der Waals surface area contributed by atoms with Crippen LogP contribution in [0, 0.1) is 3.57 Å². The molecule has 1 rings (SSSR count). The van der Waals surface area contributed by atoms with Crippen molar-refractivity contribution in [1.29, 1.82) is 0 Å². The molecule has 0 aliphatic heterocycles. The van der Waals surface area contributed by atoms with Crippen molar-refractivity contribution in [3.63, 3.8) is 0 Å². The van der Waals surface area contributed by atoms with Gasteiger partial charge in [-0.2, -0.15) is 0 Å². The van der Waals surface area contributed by atoms with Crippen molar-refractivity contribution in [3.8, 4) is 0 Å². The molecule has 0 aromatic heterocycles. The van der Waals surface area contributed by atoms with Crippen LogP contribution in [0.4, 0.5) is 5.69 Å². The molecule has 0 aliphatic carbocycles. The van der Waals surface area contributed by atoms with Crippen LogP contribution in [0.25, 0.3) is 0 Å². The van der Waals surface area contributed by atoms with Crippen LogP contribution < -0.4 is 10.8 Å². The minimum atomic E-state index is -1.54. The van der Waals surface area contributed by atoms with Crippen LogP contribution >= 0.6 is 22.6 Å². The van der Waals surface area contributed by atoms with Crippen molar-refractivity contribution in [2.24, 2.45) is 0 Å². The van der Waals surface area contributed by atoms with Gasteiger partial charge in [-0.15, -0.1) is 0 Å². The maximum Gasteiger partial charge on any atom is 0.488 e. The molecule has 0 bridgehead atoms. The van der Waals surface area contributed by atoms with E-state index in [9.17, 15) is 4.79 Å². The number of rotatable bonds is 3. The maximum absolute atomic E-state index is 11.0. The van der Waals surface area contributed by atoms with Gasteiger partial charge in [0.15, 0.2) is 0 Å². The molecule has 0 heterocycles. The first-order valence-corrected chi connectivity index (χ1v) is 5.21. The average Bonchev–Trinajstić information content (AvgIpc) is 2.16. The number of hydrogen-bond donors (Lipinski definition) is 3. The molecule has 0 saturated heterocycles. The number of carbonyl (C=O) groups is 1. The second-order valence-corrected chi connectivity index (χ2v) is 4.09. The van der Waals surface area contributed by atoms with Crippen molar-refractivity contribution >= 4 is 46.8 Å². The Hall–Kier alpha value is -0.855. The summed E-state index contributed by atoms with van der Waals surface area (Å²) in [5.41, 5.74) is 0.844. The quantitative estimate of drug-likeness (QED) is 0.421. The van der Waals surface area contributed by atoms with Gasteiger partial charge in [-0.3, -0.25) is 4.79 Å². The molecule has 0 fully saturated rings. The Morgan fingerprint density at radius 3 is 2.67 bits per heavy atom. The van der Waals surface area contributed by atoms with E-state index in [0.717, 1.165) is 9.65 Å². The van der Waals surface area contributed by atoms with Gasteiger partial charge in [-0.25, -0.2) is 0 Å². The van der Waals surface area contributed by atoms with Gasteiger partial charge in [0.1, 0.15) is 0 Å². The fourth-order valence-corrected chi connectivity index (χ4v) is 1.72. The number of anilines is 1. The normalized spacial score (nSPS) is 9.53. The van der Waals surface area contributed by atoms with E-state index < -0.39 is 7.12 Å². The SMILES string of the molecule is C=CC(=O)Nc1cc(I)cc(B(O)O)c1. The molecule has 0 saturated carbocycles. The molecule has 0 aliphatic rings. The molecule has 15 heavy (non-hydrogen) atoms. The van der Waals surface area contributed by atoms with Gasteiger partial charge >= 0.3 is 7.12 Å². The zero-order chi connectivity index (χ0) is 11.4. The molecule has 3 N–H and O–H groups in total. The second kappa shape index (κ2) is 5.29. The predicted molar refractivity (Wildman–Crippen MR) is 67.8 cm³/mol. The Bertz CT molecular complexity index is 395. The van der Waals surface area contributed by atoms with E-state index in [2.05, 4.69) is 11.9 Å². The highest BCUT2D eigenvalue weighted by atomic mass is 127. The lowest BCUT2D eigenvalue weighted by Crippen LogP contribution is -2.30. The number of halogens is 1. The van der Waals surface area contributed by atoms with Gasteiger partial charge in [0, 0.05) is 9.26 Å². The lowest BCUT2D eigenvalue weighted by Gasteiger charge is -2.06. The maximum atomic E-state index is 11.0. The molecular formula is C9H9BINO3. The summed E-state index contributed by atoms with van der Waals surface area (Å²) in [4.78, 5) is 11.0. The van der Waals surface area contributed by atoms with Crippen molar-refractivity contribution in [2.45, 2.75) is 0 Å². The first-order valence-electron chi connectivity index (χ1n) is 4.13. The monoisotopic (exact) mass is 317 g/mol. The van der Waals surface area contributed by atoms with E-state index in [0.29, 0.717) is 11.2 Å². The van der Waals surface area contributed by atoms with Crippen molar-refractivity contribution in [2.75, 3.05) is 5.32 Å². The summed E-state index contributed by atoms with van der Waals surface area (Å²) >= 11 is 2.02. The van der Waals surface area contributed by atoms with E-state index in [1.54, 1.807) is 12.1 Å². The molecule has 78 valence electrons. The first kappa shape index (κ1) is 12.2. The Labute approximate surface area is 101 Å². The van der Waals surface area contributed by atoms with E-state index in [1.807, 2.05) is 22.6 Å². The third-order valence-electron chi connectivity index (χ3n) is 1.67. The summed E-state index contributed by atoms with van der Waals surface area (Å²) < 4.78 is 0.803. The van der Waals surface area contributed by atoms with Gasteiger partial charge in [-0.05, 0) is 52.3 Å². The number of carbonyl (C=O) groups excluding carboxylic acids is 1. The molecule has 4 nitrogen and oxygen atoms in total. The first-order chi connectivity index (χ1) is 7.02. The number of benzene rings is 1. The van der Waals surface area contributed by atoms with Gasteiger partial charge in [0.2, 0.25) is 5.91 Å². The summed E-state index contributed by atoms with van der Waals surface area (Å²) in [6.45, 7) is 3.32. The standard InChI is InChI=1S/C9H9BINO3/c1-2-9(13)12-8-4-6(10(14)15)3-7(11)5-8/h2-5,14-15H,1H2,(H,12,13). The van der Waals surface area contributed by atoms with Crippen LogP contribution in [-0.4, -0.2) is 23.1 Å². The van der Waals surface area contributed by atoms with Crippen molar-refractivity contribution in [3.05, 3.63) is 34.4 Å². The smallest absolute Gasteiger partial charge is 0.423 e. The summed E-state index contributed by atoms with van der Waals surface area (Å²) in [5, 5.41) is 20.5. The van der Waals surface area contributed by atoms with Crippen LogP contribution in [0.2, 0.25) is 0 Å². The molecular weight excluding hydrogens is 308 g/mol. The van der Waals surface area contributed by atoms with E-state index in [4.69, 9.17) is 10.0 Å². The Kier molecular flexibility index (Phi) is 4.31. The average molecular weight is 317 g/mol. The summed E-state index contributed by atoms with van der Waals surface area (Å²) in [6.07, 6.45) is 1.15. The Balaban J connectivity index is 2.98. The van der Waals surface area contributed by atoms with Crippen LogP contribution in [0.3, 0.4) is 0 Å². The Morgan fingerprint density at radius 2 is 2.13 bits per heavy atom. The summed E-state index contributed by atoms with van der Waals surface area (Å²) in [6, 6.07) is 4.83. The fraction of sp³-hybridized carbons (Fsp3) is 0. The lowest BCUT2D eigenvalue weighted by atomic mass is 9.80. The largest absolute Gasteiger partial charge is 0.488 e. The molecule has 1 amide bonds. The van der Waals surface area contributed by atoms with Crippen LogP contribution in [0.5, 0.6) is 0 Å². The van der Waals surface area contributed by atoms with E-state index in [-0.39, 0.29) is 5.91 Å². The predicted octanol–water partition coefficient (Wildman–Crippen LogP) is 0.0955. The van der Waals surface area contributed by atoms with Crippen molar-refractivity contribution < 1.29 is 14.8 Å². The molecule has 1 aromatic carbocycles.